The van der Waals surface area contributed by atoms with Crippen molar-refractivity contribution in [1.82, 2.24) is 5.06 Å². The standard InChI is InChI=1S/C17H33F2NO5Si/c1-14(2,3)23-13(22)20(24-15(4,5)6)12(21)17(18,19)25-26(10,11)16(7,8)9/h1-11H3. The maximum atomic E-state index is 14.6. The fourth-order valence-corrected chi connectivity index (χ4v) is 2.41. The van der Waals surface area contributed by atoms with Crippen molar-refractivity contribution in [2.75, 3.05) is 0 Å². The molecule has 0 atom stereocenters. The van der Waals surface area contributed by atoms with E-state index in [1.54, 1.807) is 54.6 Å². The first kappa shape index (κ1) is 24.9. The van der Waals surface area contributed by atoms with E-state index in [-0.39, 0.29) is 5.06 Å². The van der Waals surface area contributed by atoms with Gasteiger partial charge in [0.05, 0.1) is 5.60 Å². The third-order valence-electron chi connectivity index (χ3n) is 3.55. The second kappa shape index (κ2) is 7.51. The molecule has 0 bridgehead atoms. The normalized spacial score (nSPS) is 14.2. The molecule has 0 rings (SSSR count). The van der Waals surface area contributed by atoms with E-state index in [0.29, 0.717) is 0 Å². The van der Waals surface area contributed by atoms with Crippen molar-refractivity contribution in [3.8, 4) is 0 Å². The number of carbonyl (C=O) groups excluding carboxylic acids is 2. The molecule has 0 saturated carbocycles. The number of hydroxylamine groups is 2. The smallest absolute Gasteiger partial charge is 0.442 e. The highest BCUT2D eigenvalue weighted by Crippen LogP contribution is 2.40. The highest BCUT2D eigenvalue weighted by atomic mass is 28.4. The molecule has 0 aromatic rings. The van der Waals surface area contributed by atoms with Gasteiger partial charge >= 0.3 is 18.1 Å². The van der Waals surface area contributed by atoms with Crippen LogP contribution in [0.15, 0.2) is 0 Å². The Balaban J connectivity index is 5.73. The quantitative estimate of drug-likeness (QED) is 0.488. The van der Waals surface area contributed by atoms with Crippen molar-refractivity contribution in [2.45, 2.75) is 97.8 Å². The summed E-state index contributed by atoms with van der Waals surface area (Å²) in [5.41, 5.74) is -2.08. The topological polar surface area (TPSA) is 65.1 Å². The molecule has 0 unspecified atom stereocenters. The van der Waals surface area contributed by atoms with Crippen LogP contribution in [0, 0.1) is 0 Å². The number of hydrogen-bond acceptors (Lipinski definition) is 5. The van der Waals surface area contributed by atoms with Crippen LogP contribution in [0.2, 0.25) is 18.1 Å². The average Bonchev–Trinajstić information content (AvgIpc) is 2.28. The van der Waals surface area contributed by atoms with Gasteiger partial charge in [0.2, 0.25) is 0 Å². The van der Waals surface area contributed by atoms with E-state index in [1.807, 2.05) is 0 Å². The molecule has 0 radical (unpaired) electrons. The Morgan fingerprint density at radius 1 is 0.846 bits per heavy atom. The summed E-state index contributed by atoms with van der Waals surface area (Å²) in [7, 11) is -2.99. The molecule has 154 valence electrons. The molecule has 6 nitrogen and oxygen atoms in total. The van der Waals surface area contributed by atoms with Gasteiger partial charge in [-0.05, 0) is 59.7 Å². The first-order valence-corrected chi connectivity index (χ1v) is 11.3. The van der Waals surface area contributed by atoms with Crippen LogP contribution >= 0.6 is 0 Å². The van der Waals surface area contributed by atoms with E-state index in [1.165, 1.54) is 20.8 Å². The SMILES string of the molecule is CC(C)(C)OC(=O)N(OC(C)(C)C)C(=O)C(F)(F)O[Si](C)(C)C(C)(C)C. The third-order valence-corrected chi connectivity index (χ3v) is 7.93. The van der Waals surface area contributed by atoms with Crippen molar-refractivity contribution in [3.63, 3.8) is 0 Å². The summed E-state index contributed by atoms with van der Waals surface area (Å²) in [4.78, 5) is 29.8. The lowest BCUT2D eigenvalue weighted by atomic mass is 10.2. The van der Waals surface area contributed by atoms with E-state index in [0.717, 1.165) is 0 Å². The summed E-state index contributed by atoms with van der Waals surface area (Å²) in [5, 5.41) is -0.600. The lowest BCUT2D eigenvalue weighted by Crippen LogP contribution is -2.56. The summed E-state index contributed by atoms with van der Waals surface area (Å²) in [6.45, 7) is 17.6. The molecule has 0 fully saturated rings. The minimum absolute atomic E-state index is 0.0433. The Morgan fingerprint density at radius 2 is 1.27 bits per heavy atom. The zero-order valence-corrected chi connectivity index (χ0v) is 18.7. The van der Waals surface area contributed by atoms with Crippen LogP contribution in [0.5, 0.6) is 0 Å². The van der Waals surface area contributed by atoms with E-state index < -0.39 is 42.7 Å². The number of halogens is 2. The molecule has 26 heavy (non-hydrogen) atoms. The summed E-state index contributed by atoms with van der Waals surface area (Å²) < 4.78 is 39.2. The number of alkyl halides is 2. The van der Waals surface area contributed by atoms with Crippen LogP contribution in [-0.2, 0) is 18.8 Å². The summed E-state index contributed by atoms with van der Waals surface area (Å²) in [6, 6.07) is 0. The Labute approximate surface area is 156 Å². The third kappa shape index (κ3) is 7.67. The van der Waals surface area contributed by atoms with Gasteiger partial charge in [0, 0.05) is 0 Å². The fraction of sp³-hybridized carbons (Fsp3) is 0.882. The molecular weight excluding hydrogens is 364 g/mol. The molecule has 2 amide bonds. The van der Waals surface area contributed by atoms with Crippen LogP contribution in [0.25, 0.3) is 0 Å². The van der Waals surface area contributed by atoms with Gasteiger partial charge in [-0.25, -0.2) is 4.79 Å². The number of hydrogen-bond donors (Lipinski definition) is 0. The lowest BCUT2D eigenvalue weighted by molar-refractivity contribution is -0.257. The summed E-state index contributed by atoms with van der Waals surface area (Å²) in [6.07, 6.45) is -5.55. The van der Waals surface area contributed by atoms with Gasteiger partial charge in [-0.3, -0.25) is 9.63 Å². The molecular formula is C17H33F2NO5Si. The van der Waals surface area contributed by atoms with Crippen molar-refractivity contribution in [3.05, 3.63) is 0 Å². The highest BCUT2D eigenvalue weighted by molar-refractivity contribution is 6.74. The van der Waals surface area contributed by atoms with Gasteiger partial charge in [0.25, 0.3) is 0 Å². The Morgan fingerprint density at radius 3 is 1.58 bits per heavy atom. The van der Waals surface area contributed by atoms with E-state index >= 15 is 0 Å². The molecule has 0 saturated heterocycles. The van der Waals surface area contributed by atoms with E-state index in [4.69, 9.17) is 14.0 Å². The van der Waals surface area contributed by atoms with Gasteiger partial charge < -0.3 is 9.16 Å². The minimum atomic E-state index is -4.23. The predicted molar refractivity (Wildman–Crippen MR) is 97.1 cm³/mol. The van der Waals surface area contributed by atoms with Crippen molar-refractivity contribution in [1.29, 1.82) is 0 Å². The average molecular weight is 398 g/mol. The first-order valence-electron chi connectivity index (χ1n) is 8.44. The Bertz CT molecular complexity index is 531. The van der Waals surface area contributed by atoms with Crippen LogP contribution < -0.4 is 0 Å². The predicted octanol–water partition coefficient (Wildman–Crippen LogP) is 5.09. The second-order valence-corrected chi connectivity index (χ2v) is 14.4. The van der Waals surface area contributed by atoms with E-state index in [2.05, 4.69) is 0 Å². The number of ether oxygens (including phenoxy) is 1. The number of carbonyl (C=O) groups is 2. The number of rotatable bonds is 4. The molecule has 0 aliphatic heterocycles. The van der Waals surface area contributed by atoms with E-state index in [9.17, 15) is 18.4 Å². The zero-order chi connectivity index (χ0) is 21.4. The zero-order valence-electron chi connectivity index (χ0n) is 17.7. The maximum Gasteiger partial charge on any atom is 0.442 e. The van der Waals surface area contributed by atoms with Crippen LogP contribution in [-0.4, -0.2) is 42.7 Å². The van der Waals surface area contributed by atoms with Gasteiger partial charge in [-0.15, -0.1) is 5.06 Å². The molecule has 0 aliphatic rings. The number of amides is 2. The van der Waals surface area contributed by atoms with Gasteiger partial charge in [0.15, 0.2) is 8.32 Å². The van der Waals surface area contributed by atoms with Gasteiger partial charge in [-0.2, -0.15) is 8.78 Å². The van der Waals surface area contributed by atoms with Crippen LogP contribution in [0.3, 0.4) is 0 Å². The van der Waals surface area contributed by atoms with Crippen LogP contribution in [0.4, 0.5) is 13.6 Å². The fourth-order valence-electron chi connectivity index (χ4n) is 1.37. The maximum absolute atomic E-state index is 14.6. The Kier molecular flexibility index (Phi) is 7.21. The molecule has 0 aliphatic carbocycles. The molecule has 0 N–H and O–H groups in total. The first-order chi connectivity index (χ1) is 11.1. The van der Waals surface area contributed by atoms with Crippen LogP contribution in [0.1, 0.15) is 62.3 Å². The van der Waals surface area contributed by atoms with Crippen molar-refractivity contribution < 1.29 is 32.4 Å². The Hall–Kier alpha value is -1.06. The van der Waals surface area contributed by atoms with Gasteiger partial charge in [-0.1, -0.05) is 20.8 Å². The second-order valence-electron chi connectivity index (χ2n) is 9.66. The molecule has 0 aromatic heterocycles. The highest BCUT2D eigenvalue weighted by Gasteiger charge is 2.54. The van der Waals surface area contributed by atoms with Gasteiger partial charge in [0.1, 0.15) is 5.60 Å². The minimum Gasteiger partial charge on any atom is -0.442 e. The monoisotopic (exact) mass is 397 g/mol. The largest absolute Gasteiger partial charge is 0.442 e. The lowest BCUT2D eigenvalue weighted by Gasteiger charge is -2.39. The molecule has 0 heterocycles. The number of imide groups is 1. The van der Waals surface area contributed by atoms with Crippen molar-refractivity contribution >= 4 is 20.3 Å². The van der Waals surface area contributed by atoms with Crippen molar-refractivity contribution in [2.24, 2.45) is 0 Å². The molecule has 0 spiro atoms. The summed E-state index contributed by atoms with van der Waals surface area (Å²) >= 11 is 0. The molecule has 9 heteroatoms. The molecule has 0 aromatic carbocycles. The summed E-state index contributed by atoms with van der Waals surface area (Å²) in [5.74, 6) is -1.91. The number of nitrogens with zero attached hydrogens (tertiary/aromatic N) is 1.